The van der Waals surface area contributed by atoms with Crippen LogP contribution in [-0.4, -0.2) is 32.2 Å². The van der Waals surface area contributed by atoms with Gasteiger partial charge in [-0.15, -0.1) is 0 Å². The second-order valence-electron chi connectivity index (χ2n) is 7.17. The van der Waals surface area contributed by atoms with E-state index in [2.05, 4.69) is 4.98 Å². The fourth-order valence-corrected chi connectivity index (χ4v) is 4.14. The van der Waals surface area contributed by atoms with Crippen molar-refractivity contribution in [1.82, 2.24) is 4.98 Å². The fourth-order valence-electron chi connectivity index (χ4n) is 3.12. The largest absolute Gasteiger partial charge is 0.497 e. The number of para-hydroxylation sites is 1. The molecule has 0 atom stereocenters. The van der Waals surface area contributed by atoms with Crippen LogP contribution in [0.4, 0.5) is 5.69 Å². The first-order chi connectivity index (χ1) is 15.8. The molecule has 0 N–H and O–H groups in total. The van der Waals surface area contributed by atoms with Gasteiger partial charge in [0.15, 0.2) is 0 Å². The molecule has 3 rings (SSSR count). The van der Waals surface area contributed by atoms with Crippen molar-refractivity contribution in [2.75, 3.05) is 17.8 Å². The van der Waals surface area contributed by atoms with E-state index in [0.29, 0.717) is 29.2 Å². The highest BCUT2D eigenvalue weighted by atomic mass is 32.2. The summed E-state index contributed by atoms with van der Waals surface area (Å²) in [4.78, 5) is 18.4. The number of carbonyl (C=O) groups excluding carboxylic acids is 1. The fraction of sp³-hybridized carbons (Fsp3) is 0.250. The quantitative estimate of drug-likeness (QED) is 0.401. The van der Waals surface area contributed by atoms with Crippen LogP contribution in [0.2, 0.25) is 0 Å². The summed E-state index contributed by atoms with van der Waals surface area (Å²) in [7, 11) is -2.27. The van der Waals surface area contributed by atoms with Crippen LogP contribution in [-0.2, 0) is 21.5 Å². The van der Waals surface area contributed by atoms with Crippen molar-refractivity contribution < 1.29 is 26.9 Å². The molecule has 0 bridgehead atoms. The molecule has 2 aromatic carbocycles. The van der Waals surface area contributed by atoms with Crippen LogP contribution < -0.4 is 18.6 Å². The third kappa shape index (κ3) is 6.45. The Kier molecular flexibility index (Phi) is 7.89. The Hall–Kier alpha value is -3.59. The van der Waals surface area contributed by atoms with Crippen LogP contribution in [0.5, 0.6) is 23.1 Å². The maximum atomic E-state index is 12.7. The van der Waals surface area contributed by atoms with Crippen LogP contribution in [0.1, 0.15) is 25.8 Å². The predicted molar refractivity (Wildman–Crippen MR) is 125 cm³/mol. The highest BCUT2D eigenvalue weighted by molar-refractivity contribution is 7.87. The second kappa shape index (κ2) is 10.8. The lowest BCUT2D eigenvalue weighted by molar-refractivity contribution is -0.116. The zero-order valence-corrected chi connectivity index (χ0v) is 19.5. The number of nitrogens with zero attached hydrogens (tertiary/aromatic N) is 2. The van der Waals surface area contributed by atoms with E-state index in [9.17, 15) is 13.2 Å². The van der Waals surface area contributed by atoms with Gasteiger partial charge in [0.1, 0.15) is 22.9 Å². The Morgan fingerprint density at radius 1 is 1.03 bits per heavy atom. The SMILES string of the molecule is CCCS(=O)(=O)Oc1ccc(OC)cc1CN(C(C)=O)c1cccnc1Oc1ccccc1. The van der Waals surface area contributed by atoms with Crippen LogP contribution in [0.3, 0.4) is 0 Å². The lowest BCUT2D eigenvalue weighted by Crippen LogP contribution is -2.29. The van der Waals surface area contributed by atoms with Gasteiger partial charge in [0, 0.05) is 18.7 Å². The van der Waals surface area contributed by atoms with Crippen LogP contribution in [0.25, 0.3) is 0 Å². The molecule has 1 aromatic heterocycles. The first kappa shape index (κ1) is 24.1. The summed E-state index contributed by atoms with van der Waals surface area (Å²) in [6, 6.07) is 17.3. The number of hydrogen-bond donors (Lipinski definition) is 0. The van der Waals surface area contributed by atoms with E-state index in [1.54, 1.807) is 49.5 Å². The molecule has 0 saturated carbocycles. The van der Waals surface area contributed by atoms with E-state index in [1.165, 1.54) is 25.0 Å². The zero-order chi connectivity index (χ0) is 23.8. The molecule has 3 aromatic rings. The third-order valence-electron chi connectivity index (χ3n) is 4.65. The summed E-state index contributed by atoms with van der Waals surface area (Å²) >= 11 is 0. The second-order valence-corrected chi connectivity index (χ2v) is 8.86. The van der Waals surface area contributed by atoms with Crippen LogP contribution in [0, 0.1) is 0 Å². The summed E-state index contributed by atoms with van der Waals surface area (Å²) in [6.45, 7) is 3.18. The standard InChI is InChI=1S/C24H26N2O6S/c1-4-15-33(28,29)32-23-13-12-21(30-3)16-19(23)17-26(18(2)27)22-11-8-14-25-24(22)31-20-9-6-5-7-10-20/h5-14,16H,4,15,17H2,1-3H3. The highest BCUT2D eigenvalue weighted by Gasteiger charge is 2.22. The van der Waals surface area contributed by atoms with E-state index in [1.807, 2.05) is 18.2 Å². The van der Waals surface area contributed by atoms with Gasteiger partial charge >= 0.3 is 10.1 Å². The number of methoxy groups -OCH3 is 1. The number of hydrogen-bond acceptors (Lipinski definition) is 7. The molecule has 1 amide bonds. The van der Waals surface area contributed by atoms with Gasteiger partial charge in [0.05, 0.1) is 19.4 Å². The van der Waals surface area contributed by atoms with Crippen molar-refractivity contribution in [2.45, 2.75) is 26.8 Å². The first-order valence-corrected chi connectivity index (χ1v) is 12.0. The van der Waals surface area contributed by atoms with Gasteiger partial charge in [0.2, 0.25) is 11.8 Å². The molecule has 0 radical (unpaired) electrons. The topological polar surface area (TPSA) is 95.0 Å². The number of aromatic nitrogens is 1. The summed E-state index contributed by atoms with van der Waals surface area (Å²) < 4.78 is 41.1. The number of benzene rings is 2. The molecular weight excluding hydrogens is 444 g/mol. The van der Waals surface area contributed by atoms with E-state index < -0.39 is 10.1 Å². The Bertz CT molecular complexity index is 1200. The number of carbonyl (C=O) groups is 1. The summed E-state index contributed by atoms with van der Waals surface area (Å²) in [6.07, 6.45) is 1.99. The van der Waals surface area contributed by atoms with Crippen molar-refractivity contribution in [1.29, 1.82) is 0 Å². The molecule has 1 heterocycles. The number of pyridine rings is 1. The van der Waals surface area contributed by atoms with E-state index >= 15 is 0 Å². The van der Waals surface area contributed by atoms with Crippen molar-refractivity contribution in [3.63, 3.8) is 0 Å². The van der Waals surface area contributed by atoms with Gasteiger partial charge in [0.25, 0.3) is 0 Å². The van der Waals surface area contributed by atoms with E-state index in [0.717, 1.165) is 0 Å². The number of rotatable bonds is 10. The minimum Gasteiger partial charge on any atom is -0.497 e. The maximum Gasteiger partial charge on any atom is 0.309 e. The molecule has 0 unspecified atom stereocenters. The molecule has 9 heteroatoms. The Balaban J connectivity index is 1.99. The van der Waals surface area contributed by atoms with Crippen molar-refractivity contribution in [2.24, 2.45) is 0 Å². The van der Waals surface area contributed by atoms with Crippen LogP contribution >= 0.6 is 0 Å². The monoisotopic (exact) mass is 470 g/mol. The Morgan fingerprint density at radius 3 is 2.45 bits per heavy atom. The van der Waals surface area contributed by atoms with E-state index in [4.69, 9.17) is 13.7 Å². The first-order valence-electron chi connectivity index (χ1n) is 10.4. The molecule has 33 heavy (non-hydrogen) atoms. The number of anilines is 1. The minimum atomic E-state index is -3.78. The van der Waals surface area contributed by atoms with Gasteiger partial charge < -0.3 is 18.6 Å². The third-order valence-corrected chi connectivity index (χ3v) is 5.99. The van der Waals surface area contributed by atoms with Crippen molar-refractivity contribution in [3.05, 3.63) is 72.4 Å². The molecule has 0 fully saturated rings. The van der Waals surface area contributed by atoms with Crippen molar-refractivity contribution >= 4 is 21.7 Å². The molecule has 0 saturated heterocycles. The lowest BCUT2D eigenvalue weighted by Gasteiger charge is -2.24. The predicted octanol–water partition coefficient (Wildman–Crippen LogP) is 4.55. The van der Waals surface area contributed by atoms with Gasteiger partial charge in [-0.2, -0.15) is 8.42 Å². The Morgan fingerprint density at radius 2 is 1.79 bits per heavy atom. The van der Waals surface area contributed by atoms with Gasteiger partial charge in [-0.3, -0.25) is 4.79 Å². The van der Waals surface area contributed by atoms with Gasteiger partial charge in [-0.25, -0.2) is 4.98 Å². The number of ether oxygens (including phenoxy) is 2. The maximum absolute atomic E-state index is 12.7. The normalized spacial score (nSPS) is 11.0. The van der Waals surface area contributed by atoms with Crippen molar-refractivity contribution in [3.8, 4) is 23.1 Å². The average Bonchev–Trinajstić information content (AvgIpc) is 2.79. The number of amides is 1. The lowest BCUT2D eigenvalue weighted by atomic mass is 10.1. The molecule has 0 aliphatic rings. The van der Waals surface area contributed by atoms with Gasteiger partial charge in [-0.05, 0) is 48.9 Å². The smallest absolute Gasteiger partial charge is 0.309 e. The molecule has 0 aliphatic heterocycles. The average molecular weight is 471 g/mol. The van der Waals surface area contributed by atoms with E-state index in [-0.39, 0.29) is 29.8 Å². The van der Waals surface area contributed by atoms with Gasteiger partial charge in [-0.1, -0.05) is 25.1 Å². The molecule has 8 nitrogen and oxygen atoms in total. The summed E-state index contributed by atoms with van der Waals surface area (Å²) in [5.74, 6) is 1.03. The van der Waals surface area contributed by atoms with Crippen LogP contribution in [0.15, 0.2) is 66.9 Å². The highest BCUT2D eigenvalue weighted by Crippen LogP contribution is 2.34. The zero-order valence-electron chi connectivity index (χ0n) is 18.7. The Labute approximate surface area is 193 Å². The summed E-state index contributed by atoms with van der Waals surface area (Å²) in [5.41, 5.74) is 0.887. The molecule has 0 aliphatic carbocycles. The molecule has 174 valence electrons. The minimum absolute atomic E-state index is 0.0142. The summed E-state index contributed by atoms with van der Waals surface area (Å²) in [5, 5.41) is 0. The molecular formula is C24H26N2O6S. The molecule has 0 spiro atoms.